The number of hydrogen-bond acceptors (Lipinski definition) is 4. The molecule has 1 fully saturated rings. The molecule has 1 aromatic carbocycles. The maximum absolute atomic E-state index is 13.4. The van der Waals surface area contributed by atoms with E-state index in [0.717, 1.165) is 55.1 Å². The van der Waals surface area contributed by atoms with Crippen LogP contribution in [0.15, 0.2) is 48.7 Å². The first-order valence-corrected chi connectivity index (χ1v) is 11.0. The Kier molecular flexibility index (Phi) is 9.82. The van der Waals surface area contributed by atoms with Crippen LogP contribution in [-0.4, -0.2) is 40.7 Å². The van der Waals surface area contributed by atoms with E-state index in [9.17, 15) is 4.79 Å². The number of nitrogens with one attached hydrogen (secondary N) is 1. The number of hydrogen-bond donors (Lipinski definition) is 1. The zero-order chi connectivity index (χ0) is 18.9. The lowest BCUT2D eigenvalue weighted by Gasteiger charge is -2.31. The molecule has 1 amide bonds. The van der Waals surface area contributed by atoms with Crippen molar-refractivity contribution in [2.75, 3.05) is 18.8 Å². The summed E-state index contributed by atoms with van der Waals surface area (Å²) in [5.41, 5.74) is 2.99. The second kappa shape index (κ2) is 12.1. The lowest BCUT2D eigenvalue weighted by molar-refractivity contribution is 0.0642. The Labute approximate surface area is 178 Å². The van der Waals surface area contributed by atoms with Crippen molar-refractivity contribution in [2.45, 2.75) is 44.5 Å². The molecule has 3 rings (SSSR count). The van der Waals surface area contributed by atoms with Crippen LogP contribution in [0.4, 0.5) is 0 Å². The predicted molar refractivity (Wildman–Crippen MR) is 120 cm³/mol. The first-order valence-electron chi connectivity index (χ1n) is 9.86. The van der Waals surface area contributed by atoms with Gasteiger partial charge in [-0.2, -0.15) is 11.8 Å². The molecule has 0 radical (unpaired) electrons. The number of carbonyl (C=O) groups is 1. The molecule has 1 unspecified atom stereocenters. The van der Waals surface area contributed by atoms with E-state index < -0.39 is 0 Å². The maximum Gasteiger partial charge on any atom is 0.254 e. The van der Waals surface area contributed by atoms with Gasteiger partial charge in [-0.3, -0.25) is 9.78 Å². The molecule has 0 bridgehead atoms. The first-order chi connectivity index (χ1) is 13.3. The Morgan fingerprint density at radius 3 is 2.71 bits per heavy atom. The molecule has 1 saturated heterocycles. The second-order valence-electron chi connectivity index (χ2n) is 6.92. The van der Waals surface area contributed by atoms with Crippen LogP contribution >= 0.6 is 24.2 Å². The molecule has 0 aliphatic carbocycles. The van der Waals surface area contributed by atoms with Gasteiger partial charge in [-0.25, -0.2) is 0 Å². The number of rotatable bonds is 7. The molecule has 1 aliphatic heterocycles. The van der Waals surface area contributed by atoms with Crippen molar-refractivity contribution in [3.8, 4) is 0 Å². The molecule has 1 aromatic heterocycles. The Balaban J connectivity index is 0.00000280. The zero-order valence-electron chi connectivity index (χ0n) is 16.5. The van der Waals surface area contributed by atoms with E-state index >= 15 is 0 Å². The smallest absolute Gasteiger partial charge is 0.254 e. The third kappa shape index (κ3) is 6.50. The maximum atomic E-state index is 13.4. The molecule has 6 heteroatoms. The molecule has 28 heavy (non-hydrogen) atoms. The average Bonchev–Trinajstić information content (AvgIpc) is 3.00. The van der Waals surface area contributed by atoms with Crippen molar-refractivity contribution in [1.82, 2.24) is 15.2 Å². The van der Waals surface area contributed by atoms with E-state index in [1.807, 2.05) is 47.0 Å². The SMILES string of the molecule is CCSCc1ccc(C(=O)N(Cc2ccccn2)C2CCCNCC2)cc1.Cl. The van der Waals surface area contributed by atoms with E-state index in [-0.39, 0.29) is 24.4 Å². The highest BCUT2D eigenvalue weighted by Gasteiger charge is 2.26. The molecule has 2 aromatic rings. The summed E-state index contributed by atoms with van der Waals surface area (Å²) in [5.74, 6) is 2.22. The lowest BCUT2D eigenvalue weighted by atomic mass is 10.0. The van der Waals surface area contributed by atoms with Crippen molar-refractivity contribution < 1.29 is 4.79 Å². The molecule has 1 N–H and O–H groups in total. The van der Waals surface area contributed by atoms with Crippen LogP contribution in [0.3, 0.4) is 0 Å². The summed E-state index contributed by atoms with van der Waals surface area (Å²) in [6.45, 7) is 4.73. The van der Waals surface area contributed by atoms with Crippen LogP contribution in [0.25, 0.3) is 0 Å². The van der Waals surface area contributed by atoms with Crippen LogP contribution in [0.2, 0.25) is 0 Å². The highest BCUT2D eigenvalue weighted by Crippen LogP contribution is 2.20. The number of thioether (sulfide) groups is 1. The van der Waals surface area contributed by atoms with Gasteiger partial charge >= 0.3 is 0 Å². The quantitative estimate of drug-likeness (QED) is 0.715. The topological polar surface area (TPSA) is 45.2 Å². The highest BCUT2D eigenvalue weighted by molar-refractivity contribution is 7.98. The van der Waals surface area contributed by atoms with Gasteiger partial charge in [0, 0.05) is 23.6 Å². The van der Waals surface area contributed by atoms with E-state index in [1.54, 1.807) is 6.20 Å². The van der Waals surface area contributed by atoms with Gasteiger partial charge in [0.15, 0.2) is 0 Å². The minimum Gasteiger partial charge on any atom is -0.330 e. The fraction of sp³-hybridized carbons (Fsp3) is 0.455. The summed E-state index contributed by atoms with van der Waals surface area (Å²) in [6.07, 6.45) is 4.93. The van der Waals surface area contributed by atoms with Crippen LogP contribution in [0, 0.1) is 0 Å². The average molecular weight is 420 g/mol. The summed E-state index contributed by atoms with van der Waals surface area (Å²) >= 11 is 1.90. The van der Waals surface area contributed by atoms with Crippen LogP contribution in [0.5, 0.6) is 0 Å². The fourth-order valence-corrected chi connectivity index (χ4v) is 4.11. The number of carbonyl (C=O) groups excluding carboxylic acids is 1. The number of amides is 1. The third-order valence-corrected chi connectivity index (χ3v) is 5.92. The van der Waals surface area contributed by atoms with Crippen molar-refractivity contribution in [3.63, 3.8) is 0 Å². The summed E-state index contributed by atoms with van der Waals surface area (Å²) in [4.78, 5) is 19.8. The molecule has 0 saturated carbocycles. The number of nitrogens with zero attached hydrogens (tertiary/aromatic N) is 2. The van der Waals surface area contributed by atoms with Gasteiger partial charge < -0.3 is 10.2 Å². The molecule has 152 valence electrons. The highest BCUT2D eigenvalue weighted by atomic mass is 35.5. The van der Waals surface area contributed by atoms with E-state index in [0.29, 0.717) is 6.54 Å². The molecule has 4 nitrogen and oxygen atoms in total. The summed E-state index contributed by atoms with van der Waals surface area (Å²) in [5, 5.41) is 3.45. The van der Waals surface area contributed by atoms with Gasteiger partial charge in [-0.05, 0) is 67.9 Å². The van der Waals surface area contributed by atoms with Crippen molar-refractivity contribution in [2.24, 2.45) is 0 Å². The van der Waals surface area contributed by atoms with E-state index in [2.05, 4.69) is 29.4 Å². The number of aromatic nitrogens is 1. The van der Waals surface area contributed by atoms with E-state index in [4.69, 9.17) is 0 Å². The molecule has 1 atom stereocenters. The van der Waals surface area contributed by atoms with Gasteiger partial charge in [0.2, 0.25) is 0 Å². The number of benzene rings is 1. The molecule has 1 aliphatic rings. The molecule has 2 heterocycles. The van der Waals surface area contributed by atoms with Crippen LogP contribution in [0.1, 0.15) is 47.8 Å². The standard InChI is InChI=1S/C22H29N3OS.ClH/c1-2-27-17-18-8-10-19(11-9-18)22(26)25(16-20-6-3-4-14-24-20)21-7-5-13-23-15-12-21;/h3-4,6,8-11,14,21,23H,2,5,7,12-13,15-17H2,1H3;1H. The summed E-state index contributed by atoms with van der Waals surface area (Å²) in [7, 11) is 0. The van der Waals surface area contributed by atoms with Crippen LogP contribution in [-0.2, 0) is 12.3 Å². The summed E-state index contributed by atoms with van der Waals surface area (Å²) < 4.78 is 0. The molecule has 0 spiro atoms. The van der Waals surface area contributed by atoms with Crippen LogP contribution < -0.4 is 5.32 Å². The Morgan fingerprint density at radius 1 is 1.18 bits per heavy atom. The number of halogens is 1. The van der Waals surface area contributed by atoms with Gasteiger partial charge in [-0.15, -0.1) is 12.4 Å². The van der Waals surface area contributed by atoms with Gasteiger partial charge in [0.25, 0.3) is 5.91 Å². The van der Waals surface area contributed by atoms with Crippen molar-refractivity contribution in [1.29, 1.82) is 0 Å². The second-order valence-corrected chi connectivity index (χ2v) is 8.20. The monoisotopic (exact) mass is 419 g/mol. The minimum atomic E-state index is 0. The Bertz CT molecular complexity index is 703. The third-order valence-electron chi connectivity index (χ3n) is 4.98. The Hall–Kier alpha value is -1.56. The van der Waals surface area contributed by atoms with Gasteiger partial charge in [0.05, 0.1) is 12.2 Å². The molecular weight excluding hydrogens is 390 g/mol. The zero-order valence-corrected chi connectivity index (χ0v) is 18.1. The predicted octanol–water partition coefficient (Wildman–Crippen LogP) is 4.54. The normalized spacial score (nSPS) is 16.7. The van der Waals surface area contributed by atoms with Gasteiger partial charge in [0.1, 0.15) is 0 Å². The van der Waals surface area contributed by atoms with Crippen molar-refractivity contribution >= 4 is 30.1 Å². The largest absolute Gasteiger partial charge is 0.330 e. The molecular formula is C22H30ClN3OS. The fourth-order valence-electron chi connectivity index (χ4n) is 3.47. The van der Waals surface area contributed by atoms with E-state index in [1.165, 1.54) is 5.56 Å². The minimum absolute atomic E-state index is 0. The number of pyridine rings is 1. The first kappa shape index (κ1) is 22.7. The Morgan fingerprint density at radius 2 is 2.00 bits per heavy atom. The summed E-state index contributed by atoms with van der Waals surface area (Å²) in [6, 6.07) is 14.3. The lowest BCUT2D eigenvalue weighted by Crippen LogP contribution is -2.40. The van der Waals surface area contributed by atoms with Crippen molar-refractivity contribution in [3.05, 3.63) is 65.5 Å². The van der Waals surface area contributed by atoms with Gasteiger partial charge in [-0.1, -0.05) is 25.1 Å².